The molecule has 3 nitrogen and oxygen atoms in total. The predicted octanol–water partition coefficient (Wildman–Crippen LogP) is 3.32. The van der Waals surface area contributed by atoms with Gasteiger partial charge in [-0.05, 0) is 32.4 Å². The number of aryl methyl sites for hydroxylation is 1. The van der Waals surface area contributed by atoms with E-state index in [1.165, 1.54) is 0 Å². The third-order valence-electron chi connectivity index (χ3n) is 2.58. The van der Waals surface area contributed by atoms with Gasteiger partial charge in [0, 0.05) is 6.54 Å². The van der Waals surface area contributed by atoms with E-state index in [-0.39, 0.29) is 0 Å². The zero-order valence-electron chi connectivity index (χ0n) is 10.3. The molecule has 0 saturated heterocycles. The average Bonchev–Trinajstić information content (AvgIpc) is 2.35. The first-order valence-electron chi connectivity index (χ1n) is 5.89. The van der Waals surface area contributed by atoms with Gasteiger partial charge in [0.05, 0.1) is 16.7 Å². The van der Waals surface area contributed by atoms with Crippen molar-refractivity contribution in [1.82, 2.24) is 9.97 Å². The Hall–Kier alpha value is -1.90. The molecule has 1 aromatic carbocycles. The van der Waals surface area contributed by atoms with E-state index in [4.69, 9.17) is 0 Å². The Morgan fingerprint density at radius 2 is 1.88 bits per heavy atom. The van der Waals surface area contributed by atoms with Crippen LogP contribution in [0.15, 0.2) is 36.4 Å². The molecule has 0 radical (unpaired) electrons. The molecule has 0 unspecified atom stereocenters. The van der Waals surface area contributed by atoms with Crippen LogP contribution in [0.1, 0.15) is 19.0 Å². The lowest BCUT2D eigenvalue weighted by Gasteiger charge is -2.08. The molecule has 1 aromatic heterocycles. The number of hydrogen-bond donors (Lipinski definition) is 1. The highest BCUT2D eigenvalue weighted by atomic mass is 15.0. The highest BCUT2D eigenvalue weighted by Gasteiger charge is 2.03. The minimum absolute atomic E-state index is 0.883. The minimum Gasteiger partial charge on any atom is -0.368 e. The van der Waals surface area contributed by atoms with Crippen LogP contribution in [-0.2, 0) is 0 Å². The molecular weight excluding hydrogens is 210 g/mol. The van der Waals surface area contributed by atoms with Crippen LogP contribution in [0.25, 0.3) is 11.0 Å². The van der Waals surface area contributed by atoms with E-state index in [0.29, 0.717) is 0 Å². The number of hydrogen-bond acceptors (Lipinski definition) is 3. The van der Waals surface area contributed by atoms with Crippen molar-refractivity contribution in [3.05, 3.63) is 42.1 Å². The summed E-state index contributed by atoms with van der Waals surface area (Å²) >= 11 is 0. The molecule has 2 aromatic rings. The summed E-state index contributed by atoms with van der Waals surface area (Å²) in [5.41, 5.74) is 2.83. The Labute approximate surface area is 102 Å². The average molecular weight is 227 g/mol. The van der Waals surface area contributed by atoms with Crippen LogP contribution in [0.4, 0.5) is 5.82 Å². The van der Waals surface area contributed by atoms with E-state index in [1.807, 2.05) is 38.1 Å². The van der Waals surface area contributed by atoms with Crippen LogP contribution >= 0.6 is 0 Å². The van der Waals surface area contributed by atoms with Crippen molar-refractivity contribution >= 4 is 16.9 Å². The fraction of sp³-hybridized carbons (Fsp3) is 0.286. The monoisotopic (exact) mass is 227 g/mol. The first-order valence-corrected chi connectivity index (χ1v) is 5.89. The number of nitrogens with one attached hydrogen (secondary N) is 1. The lowest BCUT2D eigenvalue weighted by atomic mass is 10.3. The molecule has 0 atom stereocenters. The molecule has 0 aliphatic heterocycles. The maximum Gasteiger partial charge on any atom is 0.148 e. The van der Waals surface area contributed by atoms with E-state index in [0.717, 1.165) is 35.5 Å². The van der Waals surface area contributed by atoms with Gasteiger partial charge in [-0.2, -0.15) is 0 Å². The van der Waals surface area contributed by atoms with Crippen LogP contribution < -0.4 is 5.32 Å². The zero-order valence-corrected chi connectivity index (χ0v) is 10.3. The van der Waals surface area contributed by atoms with Gasteiger partial charge in [0.25, 0.3) is 0 Å². The summed E-state index contributed by atoms with van der Waals surface area (Å²) in [5.74, 6) is 0.883. The molecule has 0 bridgehead atoms. The fourth-order valence-electron chi connectivity index (χ4n) is 1.70. The van der Waals surface area contributed by atoms with Crippen molar-refractivity contribution in [3.8, 4) is 0 Å². The lowest BCUT2D eigenvalue weighted by molar-refractivity contribution is 1.03. The molecule has 1 heterocycles. The molecule has 1 N–H and O–H groups in total. The van der Waals surface area contributed by atoms with Gasteiger partial charge in [-0.15, -0.1) is 0 Å². The number of fused-ring (bicyclic) bond motifs is 1. The second-order valence-electron chi connectivity index (χ2n) is 3.93. The van der Waals surface area contributed by atoms with Gasteiger partial charge >= 0.3 is 0 Å². The van der Waals surface area contributed by atoms with E-state index >= 15 is 0 Å². The van der Waals surface area contributed by atoms with Gasteiger partial charge < -0.3 is 5.32 Å². The molecule has 2 rings (SSSR count). The van der Waals surface area contributed by atoms with Gasteiger partial charge in [-0.1, -0.05) is 24.3 Å². The topological polar surface area (TPSA) is 37.8 Å². The van der Waals surface area contributed by atoms with Crippen LogP contribution in [-0.4, -0.2) is 16.5 Å². The van der Waals surface area contributed by atoms with Gasteiger partial charge in [0.2, 0.25) is 0 Å². The maximum absolute atomic E-state index is 4.57. The first kappa shape index (κ1) is 11.6. The van der Waals surface area contributed by atoms with Crippen molar-refractivity contribution < 1.29 is 0 Å². The van der Waals surface area contributed by atoms with Gasteiger partial charge in [-0.3, -0.25) is 0 Å². The molecule has 0 fully saturated rings. The van der Waals surface area contributed by atoms with E-state index in [1.54, 1.807) is 0 Å². The fourth-order valence-corrected chi connectivity index (χ4v) is 1.70. The highest BCUT2D eigenvalue weighted by molar-refractivity contribution is 5.76. The quantitative estimate of drug-likeness (QED) is 0.643. The Morgan fingerprint density at radius 3 is 2.59 bits per heavy atom. The third-order valence-corrected chi connectivity index (χ3v) is 2.58. The Morgan fingerprint density at radius 1 is 1.18 bits per heavy atom. The minimum atomic E-state index is 0.883. The molecular formula is C14H17N3. The Bertz CT molecular complexity index is 532. The summed E-state index contributed by atoms with van der Waals surface area (Å²) in [4.78, 5) is 9.11. The molecule has 0 aliphatic rings. The SMILES string of the molecule is C/C=C/CCNc1nc2ccccc2nc1C. The summed E-state index contributed by atoms with van der Waals surface area (Å²) in [6.45, 7) is 4.90. The number of para-hydroxylation sites is 2. The smallest absolute Gasteiger partial charge is 0.148 e. The summed E-state index contributed by atoms with van der Waals surface area (Å²) < 4.78 is 0. The van der Waals surface area contributed by atoms with Crippen molar-refractivity contribution in [3.63, 3.8) is 0 Å². The largest absolute Gasteiger partial charge is 0.368 e. The van der Waals surface area contributed by atoms with E-state index in [9.17, 15) is 0 Å². The van der Waals surface area contributed by atoms with Crippen molar-refractivity contribution in [2.45, 2.75) is 20.3 Å². The summed E-state index contributed by atoms with van der Waals surface area (Å²) in [6.07, 6.45) is 5.20. The number of anilines is 1. The van der Waals surface area contributed by atoms with Gasteiger partial charge in [-0.25, -0.2) is 9.97 Å². The number of benzene rings is 1. The number of rotatable bonds is 4. The molecule has 0 amide bonds. The Balaban J connectivity index is 2.19. The van der Waals surface area contributed by atoms with Crippen molar-refractivity contribution in [2.24, 2.45) is 0 Å². The van der Waals surface area contributed by atoms with Crippen LogP contribution in [0, 0.1) is 6.92 Å². The first-order chi connectivity index (χ1) is 8.31. The molecule has 3 heteroatoms. The van der Waals surface area contributed by atoms with Crippen LogP contribution in [0.3, 0.4) is 0 Å². The van der Waals surface area contributed by atoms with Crippen LogP contribution in [0.2, 0.25) is 0 Å². The van der Waals surface area contributed by atoms with E-state index in [2.05, 4.69) is 27.4 Å². The molecule has 17 heavy (non-hydrogen) atoms. The summed E-state index contributed by atoms with van der Waals surface area (Å²) in [7, 11) is 0. The number of allylic oxidation sites excluding steroid dienone is 1. The molecule has 88 valence electrons. The third kappa shape index (κ3) is 2.81. The van der Waals surface area contributed by atoms with E-state index < -0.39 is 0 Å². The highest BCUT2D eigenvalue weighted by Crippen LogP contribution is 2.15. The van der Waals surface area contributed by atoms with Gasteiger partial charge in [0.15, 0.2) is 0 Å². The molecule has 0 aliphatic carbocycles. The predicted molar refractivity (Wildman–Crippen MR) is 72.2 cm³/mol. The number of nitrogens with zero attached hydrogens (tertiary/aromatic N) is 2. The van der Waals surface area contributed by atoms with Crippen LogP contribution in [0.5, 0.6) is 0 Å². The second kappa shape index (κ2) is 5.43. The molecule has 0 saturated carbocycles. The molecule has 0 spiro atoms. The van der Waals surface area contributed by atoms with Crippen molar-refractivity contribution in [1.29, 1.82) is 0 Å². The van der Waals surface area contributed by atoms with Gasteiger partial charge in [0.1, 0.15) is 5.82 Å². The number of aromatic nitrogens is 2. The zero-order chi connectivity index (χ0) is 12.1. The second-order valence-corrected chi connectivity index (χ2v) is 3.93. The Kier molecular flexibility index (Phi) is 3.70. The van der Waals surface area contributed by atoms with Crippen molar-refractivity contribution in [2.75, 3.05) is 11.9 Å². The lowest BCUT2D eigenvalue weighted by Crippen LogP contribution is -2.05. The maximum atomic E-state index is 4.57. The standard InChI is InChI=1S/C14H17N3/c1-3-4-7-10-15-14-11(2)16-12-8-5-6-9-13(12)17-14/h3-6,8-9H,7,10H2,1-2H3,(H,15,17)/b4-3+. The summed E-state index contributed by atoms with van der Waals surface area (Å²) in [5, 5.41) is 3.32. The normalized spacial score (nSPS) is 11.2. The summed E-state index contributed by atoms with van der Waals surface area (Å²) in [6, 6.07) is 7.93.